The minimum Gasteiger partial charge on any atom is -0.374 e. The van der Waals surface area contributed by atoms with Crippen LogP contribution in [0.15, 0.2) is 41.6 Å². The van der Waals surface area contributed by atoms with Gasteiger partial charge in [-0.1, -0.05) is 52.6 Å². The van der Waals surface area contributed by atoms with Crippen molar-refractivity contribution in [2.75, 3.05) is 24.6 Å². The SMILES string of the molecule is O=C(C1CS(O)(O)C1)N1CC(F)(c2ccc(C3=NOC(c4cc(Cl)c(Cl)c(C(F)(F)F)c4)(C(F)(F)F)C3)cc2)C1. The van der Waals surface area contributed by atoms with E-state index >= 15 is 4.39 Å². The van der Waals surface area contributed by atoms with E-state index in [2.05, 4.69) is 5.16 Å². The van der Waals surface area contributed by atoms with Crippen molar-refractivity contribution in [3.05, 3.63) is 68.7 Å². The summed E-state index contributed by atoms with van der Waals surface area (Å²) in [4.78, 5) is 18.4. The summed E-state index contributed by atoms with van der Waals surface area (Å²) in [5.74, 6) is -1.07. The summed E-state index contributed by atoms with van der Waals surface area (Å²) in [7, 11) is -2.73. The predicted molar refractivity (Wildman–Crippen MR) is 133 cm³/mol. The van der Waals surface area contributed by atoms with Gasteiger partial charge >= 0.3 is 12.4 Å². The lowest BCUT2D eigenvalue weighted by atomic mass is 9.84. The Bertz CT molecular complexity index is 1390. The Hall–Kier alpha value is -2.26. The Kier molecular flexibility index (Phi) is 6.86. The van der Waals surface area contributed by atoms with Crippen LogP contribution in [0.3, 0.4) is 0 Å². The lowest BCUT2D eigenvalue weighted by Crippen LogP contribution is -2.62. The average Bonchev–Trinajstić information content (AvgIpc) is 3.28. The summed E-state index contributed by atoms with van der Waals surface area (Å²) < 4.78 is 117. The average molecular weight is 635 g/mol. The summed E-state index contributed by atoms with van der Waals surface area (Å²) in [6.45, 7) is -0.554. The summed E-state index contributed by atoms with van der Waals surface area (Å²) >= 11 is 11.3. The molecule has 3 aliphatic rings. The molecule has 0 aromatic heterocycles. The molecule has 1 amide bonds. The van der Waals surface area contributed by atoms with Gasteiger partial charge in [-0.3, -0.25) is 13.9 Å². The zero-order valence-electron chi connectivity index (χ0n) is 20.0. The van der Waals surface area contributed by atoms with Gasteiger partial charge in [-0.25, -0.2) is 4.39 Å². The van der Waals surface area contributed by atoms with E-state index in [1.165, 1.54) is 29.2 Å². The number of alkyl halides is 7. The first-order valence-corrected chi connectivity index (χ1v) is 14.2. The highest BCUT2D eigenvalue weighted by atomic mass is 35.5. The number of nitrogens with zero attached hydrogens (tertiary/aromatic N) is 2. The van der Waals surface area contributed by atoms with Gasteiger partial charge in [0.25, 0.3) is 5.60 Å². The van der Waals surface area contributed by atoms with Gasteiger partial charge in [0.05, 0.1) is 51.8 Å². The van der Waals surface area contributed by atoms with E-state index in [4.69, 9.17) is 28.0 Å². The minimum atomic E-state index is -5.21. The van der Waals surface area contributed by atoms with Crippen LogP contribution in [0.25, 0.3) is 0 Å². The number of oxime groups is 1. The van der Waals surface area contributed by atoms with Crippen LogP contribution >= 0.6 is 33.8 Å². The molecule has 2 N–H and O–H groups in total. The lowest BCUT2D eigenvalue weighted by Gasteiger charge is -2.51. The topological polar surface area (TPSA) is 82.4 Å². The third kappa shape index (κ3) is 4.91. The van der Waals surface area contributed by atoms with E-state index < -0.39 is 67.7 Å². The molecule has 2 fully saturated rings. The van der Waals surface area contributed by atoms with Gasteiger partial charge in [0.1, 0.15) is 0 Å². The van der Waals surface area contributed by atoms with Crippen LogP contribution in [0.1, 0.15) is 28.7 Å². The minimum absolute atomic E-state index is 0.0559. The maximum absolute atomic E-state index is 15.4. The second kappa shape index (κ2) is 9.38. The molecular formula is C24H19Cl2F7N2O4S. The standard InChI is InChI=1S/C24H19Cl2F7N2O4S/c25-17-6-15(5-16(19(17)26)23(28,29)30)22(24(31,32)33)7-18(34-39-22)12-1-3-14(4-2-12)21(27)10-35(11-21)20(36)13-8-40(37,38)9-13/h1-6,13,37-38H,7-11H2. The van der Waals surface area contributed by atoms with Gasteiger partial charge in [-0.05, 0) is 23.3 Å². The zero-order chi connectivity index (χ0) is 29.5. The van der Waals surface area contributed by atoms with Crippen LogP contribution in [0.4, 0.5) is 30.7 Å². The highest BCUT2D eigenvalue weighted by Crippen LogP contribution is 2.54. The van der Waals surface area contributed by atoms with E-state index in [-0.39, 0.29) is 53.4 Å². The van der Waals surface area contributed by atoms with Crippen LogP contribution in [0.2, 0.25) is 10.0 Å². The molecule has 16 heteroatoms. The fraction of sp³-hybridized carbons (Fsp3) is 0.417. The van der Waals surface area contributed by atoms with Crippen molar-refractivity contribution in [2.45, 2.75) is 30.0 Å². The van der Waals surface area contributed by atoms with Crippen LogP contribution in [0.5, 0.6) is 0 Å². The Labute approximate surface area is 234 Å². The van der Waals surface area contributed by atoms with Crippen molar-refractivity contribution in [1.29, 1.82) is 0 Å². The van der Waals surface area contributed by atoms with Gasteiger partial charge in [-0.15, -0.1) is 0 Å². The Morgan fingerprint density at radius 1 is 1.02 bits per heavy atom. The quantitative estimate of drug-likeness (QED) is 0.356. The van der Waals surface area contributed by atoms with Crippen LogP contribution in [0, 0.1) is 5.92 Å². The monoisotopic (exact) mass is 634 g/mol. The normalized spacial score (nSPS) is 25.0. The summed E-state index contributed by atoms with van der Waals surface area (Å²) in [6, 6.07) is 6.10. The Morgan fingerprint density at radius 2 is 1.62 bits per heavy atom. The molecule has 0 saturated carbocycles. The van der Waals surface area contributed by atoms with Gasteiger partial charge in [0, 0.05) is 12.0 Å². The maximum atomic E-state index is 15.4. The molecule has 0 aliphatic carbocycles. The van der Waals surface area contributed by atoms with E-state index in [9.17, 15) is 40.2 Å². The number of carbonyl (C=O) groups is 1. The largest absolute Gasteiger partial charge is 0.435 e. The van der Waals surface area contributed by atoms with Crippen LogP contribution < -0.4 is 0 Å². The van der Waals surface area contributed by atoms with Crippen molar-refractivity contribution < 1.29 is 49.5 Å². The summed E-state index contributed by atoms with van der Waals surface area (Å²) in [5, 5.41) is 1.81. The van der Waals surface area contributed by atoms with E-state index in [1.807, 2.05) is 0 Å². The molecule has 0 bridgehead atoms. The number of rotatable bonds is 4. The predicted octanol–water partition coefficient (Wildman–Crippen LogP) is 6.98. The first kappa shape index (κ1) is 29.2. The van der Waals surface area contributed by atoms with Crippen molar-refractivity contribution in [2.24, 2.45) is 11.1 Å². The number of halogens is 9. The van der Waals surface area contributed by atoms with Crippen LogP contribution in [-0.4, -0.2) is 56.4 Å². The molecular weight excluding hydrogens is 616 g/mol. The Morgan fingerprint density at radius 3 is 2.15 bits per heavy atom. The molecule has 1 unspecified atom stereocenters. The first-order valence-electron chi connectivity index (χ1n) is 11.6. The molecule has 5 rings (SSSR count). The molecule has 0 spiro atoms. The van der Waals surface area contributed by atoms with E-state index in [0.29, 0.717) is 6.07 Å². The molecule has 6 nitrogen and oxygen atoms in total. The van der Waals surface area contributed by atoms with Crippen molar-refractivity contribution in [3.8, 4) is 0 Å². The number of hydrogen-bond donors (Lipinski definition) is 2. The highest BCUT2D eigenvalue weighted by Gasteiger charge is 2.63. The molecule has 2 aromatic rings. The maximum Gasteiger partial charge on any atom is 0.435 e. The third-order valence-electron chi connectivity index (χ3n) is 7.20. The van der Waals surface area contributed by atoms with Crippen molar-refractivity contribution >= 4 is 45.4 Å². The second-order valence-corrected chi connectivity index (χ2v) is 13.1. The number of benzene rings is 2. The first-order chi connectivity index (χ1) is 18.4. The Balaban J connectivity index is 1.34. The highest BCUT2D eigenvalue weighted by molar-refractivity contribution is 8.25. The molecule has 3 aliphatic heterocycles. The van der Waals surface area contributed by atoms with Crippen molar-refractivity contribution in [1.82, 2.24) is 4.90 Å². The molecule has 2 aromatic carbocycles. The second-order valence-electron chi connectivity index (χ2n) is 10.0. The molecule has 3 heterocycles. The summed E-state index contributed by atoms with van der Waals surface area (Å²) in [6.07, 6.45) is -11.3. The number of carbonyl (C=O) groups excluding carboxylic acids is 1. The molecule has 0 radical (unpaired) electrons. The van der Waals surface area contributed by atoms with Crippen molar-refractivity contribution in [3.63, 3.8) is 0 Å². The van der Waals surface area contributed by atoms with Gasteiger partial charge in [0.2, 0.25) is 5.91 Å². The lowest BCUT2D eigenvalue weighted by molar-refractivity contribution is -0.276. The number of amides is 1. The van der Waals surface area contributed by atoms with E-state index in [1.54, 1.807) is 0 Å². The molecule has 40 heavy (non-hydrogen) atoms. The fourth-order valence-corrected chi connectivity index (χ4v) is 6.85. The van der Waals surface area contributed by atoms with Gasteiger partial charge in [0.15, 0.2) is 5.67 Å². The molecule has 218 valence electrons. The van der Waals surface area contributed by atoms with Gasteiger partial charge < -0.3 is 9.74 Å². The number of hydrogen-bond acceptors (Lipinski definition) is 5. The zero-order valence-corrected chi connectivity index (χ0v) is 22.3. The fourth-order valence-electron chi connectivity index (χ4n) is 4.94. The van der Waals surface area contributed by atoms with E-state index in [0.717, 1.165) is 0 Å². The number of likely N-dealkylation sites (tertiary alicyclic amines) is 1. The smallest absolute Gasteiger partial charge is 0.374 e. The third-order valence-corrected chi connectivity index (χ3v) is 9.88. The van der Waals surface area contributed by atoms with Gasteiger partial charge in [-0.2, -0.15) is 36.9 Å². The van der Waals surface area contributed by atoms with Crippen LogP contribution in [-0.2, 0) is 27.1 Å². The summed E-state index contributed by atoms with van der Waals surface area (Å²) in [5.41, 5.74) is -7.68. The molecule has 2 saturated heterocycles. The molecule has 1 atom stereocenters.